The summed E-state index contributed by atoms with van der Waals surface area (Å²) < 4.78 is 22.8. The van der Waals surface area contributed by atoms with Crippen LogP contribution < -0.4 is 15.7 Å². The van der Waals surface area contributed by atoms with E-state index in [1.165, 1.54) is 6.07 Å². The molecule has 1 fully saturated rings. The standard InChI is InChI=1S/C26H29FN4O4/c1-4-35-21-13-17(15-31-10-9-30(3)25(31)29-26(33)34)12-20(14-21)24(32)28-23(18-5-6-18)19-7-8-22(27)16(2)11-19/h7-14,18,23H,4-6,15H2,1-3H3,(H,28,32)(H,33,34)/b29-25+. The fraction of sp³-hybridized carbons (Fsp3) is 0.346. The molecule has 0 saturated heterocycles. The quantitative estimate of drug-likeness (QED) is 0.505. The van der Waals surface area contributed by atoms with Crippen LogP contribution in [-0.2, 0) is 13.6 Å². The second-order valence-electron chi connectivity index (χ2n) is 8.83. The van der Waals surface area contributed by atoms with E-state index in [0.29, 0.717) is 35.9 Å². The minimum Gasteiger partial charge on any atom is -0.494 e. The topological polar surface area (TPSA) is 97.8 Å². The highest BCUT2D eigenvalue weighted by Gasteiger charge is 2.34. The Hall–Kier alpha value is -3.88. The molecule has 2 N–H and O–H groups in total. The van der Waals surface area contributed by atoms with Gasteiger partial charge in [0.15, 0.2) is 0 Å². The van der Waals surface area contributed by atoms with Gasteiger partial charge in [0.25, 0.3) is 5.91 Å². The Balaban J connectivity index is 1.63. The third-order valence-electron chi connectivity index (χ3n) is 6.05. The number of aryl methyl sites for hydroxylation is 2. The maximum Gasteiger partial charge on any atom is 0.434 e. The van der Waals surface area contributed by atoms with Crippen LogP contribution in [-0.4, -0.2) is 32.8 Å². The van der Waals surface area contributed by atoms with E-state index in [1.807, 2.05) is 13.0 Å². The first-order valence-electron chi connectivity index (χ1n) is 11.6. The number of nitrogens with one attached hydrogen (secondary N) is 1. The molecule has 1 aromatic heterocycles. The molecule has 1 atom stereocenters. The summed E-state index contributed by atoms with van der Waals surface area (Å²) >= 11 is 0. The van der Waals surface area contributed by atoms with Gasteiger partial charge in [-0.1, -0.05) is 12.1 Å². The highest BCUT2D eigenvalue weighted by atomic mass is 19.1. The number of rotatable bonds is 8. The monoisotopic (exact) mass is 480 g/mol. The van der Waals surface area contributed by atoms with Crippen molar-refractivity contribution in [2.24, 2.45) is 18.0 Å². The molecule has 1 unspecified atom stereocenters. The van der Waals surface area contributed by atoms with E-state index in [0.717, 1.165) is 24.0 Å². The van der Waals surface area contributed by atoms with Crippen LogP contribution >= 0.6 is 0 Å². The van der Waals surface area contributed by atoms with Crippen LogP contribution in [0.4, 0.5) is 9.18 Å². The Bertz CT molecular complexity index is 1320. The van der Waals surface area contributed by atoms with Crippen LogP contribution in [0.3, 0.4) is 0 Å². The van der Waals surface area contributed by atoms with E-state index in [-0.39, 0.29) is 23.4 Å². The molecule has 8 nitrogen and oxygen atoms in total. The van der Waals surface area contributed by atoms with Crippen LogP contribution in [0.5, 0.6) is 5.75 Å². The van der Waals surface area contributed by atoms with Crippen LogP contribution in [0.1, 0.15) is 52.9 Å². The van der Waals surface area contributed by atoms with Gasteiger partial charge in [0, 0.05) is 25.0 Å². The van der Waals surface area contributed by atoms with Crippen molar-refractivity contribution in [2.45, 2.75) is 39.3 Å². The second-order valence-corrected chi connectivity index (χ2v) is 8.83. The predicted octanol–water partition coefficient (Wildman–Crippen LogP) is 4.18. The number of nitrogens with zero attached hydrogens (tertiary/aromatic N) is 3. The van der Waals surface area contributed by atoms with Crippen LogP contribution in [0.2, 0.25) is 0 Å². The van der Waals surface area contributed by atoms with Crippen molar-refractivity contribution in [1.82, 2.24) is 14.5 Å². The number of hydrogen-bond acceptors (Lipinski definition) is 3. The van der Waals surface area contributed by atoms with Gasteiger partial charge < -0.3 is 24.3 Å². The number of carbonyl (C=O) groups excluding carboxylic acids is 1. The number of ether oxygens (including phenoxy) is 1. The van der Waals surface area contributed by atoms with E-state index in [2.05, 4.69) is 10.3 Å². The van der Waals surface area contributed by atoms with Gasteiger partial charge in [-0.05, 0) is 73.6 Å². The summed E-state index contributed by atoms with van der Waals surface area (Å²) in [5.74, 6) is 0.346. The molecule has 35 heavy (non-hydrogen) atoms. The number of halogens is 1. The summed E-state index contributed by atoms with van der Waals surface area (Å²) in [5, 5.41) is 12.2. The molecular formula is C26H29FN4O4. The van der Waals surface area contributed by atoms with Crippen molar-refractivity contribution in [2.75, 3.05) is 6.61 Å². The van der Waals surface area contributed by atoms with Crippen LogP contribution in [0.25, 0.3) is 0 Å². The van der Waals surface area contributed by atoms with Gasteiger partial charge in [-0.2, -0.15) is 0 Å². The van der Waals surface area contributed by atoms with Crippen molar-refractivity contribution < 1.29 is 23.8 Å². The van der Waals surface area contributed by atoms with E-state index >= 15 is 0 Å². The number of aromatic nitrogens is 2. The third kappa shape index (κ3) is 5.79. The average Bonchev–Trinajstić information content (AvgIpc) is 3.60. The zero-order valence-corrected chi connectivity index (χ0v) is 20.0. The van der Waals surface area contributed by atoms with Crippen LogP contribution in [0.15, 0.2) is 53.8 Å². The molecule has 0 aliphatic heterocycles. The normalized spacial score (nSPS) is 14.6. The van der Waals surface area contributed by atoms with Gasteiger partial charge in [0.2, 0.25) is 5.62 Å². The molecule has 0 bridgehead atoms. The van der Waals surface area contributed by atoms with E-state index < -0.39 is 6.09 Å². The first kappa shape index (κ1) is 24.3. The van der Waals surface area contributed by atoms with Crippen molar-refractivity contribution in [3.63, 3.8) is 0 Å². The molecule has 2 aromatic carbocycles. The molecular weight excluding hydrogens is 451 g/mol. The molecule has 1 saturated carbocycles. The Morgan fingerprint density at radius 3 is 2.66 bits per heavy atom. The first-order valence-corrected chi connectivity index (χ1v) is 11.6. The SMILES string of the molecule is CCOc1cc(Cn2ccn(C)/c2=N\C(=O)O)cc(C(=O)NC(c2ccc(F)c(C)c2)C2CC2)c1. The number of carbonyl (C=O) groups is 2. The number of benzene rings is 2. The molecule has 1 aliphatic carbocycles. The number of carboxylic acid groups (broad SMARTS) is 1. The summed E-state index contributed by atoms with van der Waals surface area (Å²) in [4.78, 5) is 28.1. The second kappa shape index (κ2) is 10.2. The Labute approximate surface area is 202 Å². The third-order valence-corrected chi connectivity index (χ3v) is 6.05. The largest absolute Gasteiger partial charge is 0.494 e. The molecule has 0 radical (unpaired) electrons. The Morgan fingerprint density at radius 2 is 2.00 bits per heavy atom. The Kier molecular flexibility index (Phi) is 7.04. The van der Waals surface area contributed by atoms with Gasteiger partial charge >= 0.3 is 6.09 Å². The van der Waals surface area contributed by atoms with Gasteiger partial charge in [0.1, 0.15) is 11.6 Å². The molecule has 1 heterocycles. The number of hydrogen-bond donors (Lipinski definition) is 2. The molecule has 9 heteroatoms. The highest BCUT2D eigenvalue weighted by Crippen LogP contribution is 2.41. The summed E-state index contributed by atoms with van der Waals surface area (Å²) in [5.41, 5.74) is 2.90. The smallest absolute Gasteiger partial charge is 0.434 e. The number of imidazole rings is 1. The maximum atomic E-state index is 13.8. The fourth-order valence-corrected chi connectivity index (χ4v) is 4.19. The zero-order chi connectivity index (χ0) is 25.1. The summed E-state index contributed by atoms with van der Waals surface area (Å²) in [6.45, 7) is 4.32. The predicted molar refractivity (Wildman–Crippen MR) is 128 cm³/mol. The van der Waals surface area contributed by atoms with Gasteiger partial charge in [-0.25, -0.2) is 9.18 Å². The van der Waals surface area contributed by atoms with E-state index in [9.17, 15) is 14.0 Å². The maximum absolute atomic E-state index is 13.8. The Morgan fingerprint density at radius 1 is 1.23 bits per heavy atom. The lowest BCUT2D eigenvalue weighted by Crippen LogP contribution is -2.30. The van der Waals surface area contributed by atoms with Gasteiger partial charge in [-0.15, -0.1) is 4.99 Å². The minimum atomic E-state index is -1.29. The molecule has 0 spiro atoms. The lowest BCUT2D eigenvalue weighted by atomic mass is 9.99. The van der Waals surface area contributed by atoms with Crippen molar-refractivity contribution in [3.8, 4) is 5.75 Å². The van der Waals surface area contributed by atoms with Crippen molar-refractivity contribution in [3.05, 3.63) is 82.5 Å². The van der Waals surface area contributed by atoms with Crippen LogP contribution in [0, 0.1) is 18.7 Å². The molecule has 184 valence electrons. The van der Waals surface area contributed by atoms with Crippen molar-refractivity contribution in [1.29, 1.82) is 0 Å². The summed E-state index contributed by atoms with van der Waals surface area (Å²) in [6.07, 6.45) is 4.17. The zero-order valence-electron chi connectivity index (χ0n) is 20.0. The molecule has 2 amide bonds. The molecule has 1 aliphatic rings. The number of amides is 2. The lowest BCUT2D eigenvalue weighted by molar-refractivity contribution is 0.0931. The summed E-state index contributed by atoms with van der Waals surface area (Å²) in [6, 6.07) is 10.0. The van der Waals surface area contributed by atoms with Gasteiger partial charge in [-0.3, -0.25) is 4.79 Å². The molecule has 4 rings (SSSR count). The van der Waals surface area contributed by atoms with E-state index in [4.69, 9.17) is 9.84 Å². The van der Waals surface area contributed by atoms with Crippen molar-refractivity contribution >= 4 is 12.0 Å². The minimum absolute atomic E-state index is 0.203. The van der Waals surface area contributed by atoms with Gasteiger partial charge in [0.05, 0.1) is 19.2 Å². The fourth-order valence-electron chi connectivity index (χ4n) is 4.19. The molecule has 3 aromatic rings. The van der Waals surface area contributed by atoms with E-state index in [1.54, 1.807) is 59.8 Å². The first-order chi connectivity index (χ1) is 16.7. The summed E-state index contributed by atoms with van der Waals surface area (Å²) in [7, 11) is 1.71. The lowest BCUT2D eigenvalue weighted by Gasteiger charge is -2.20. The highest BCUT2D eigenvalue weighted by molar-refractivity contribution is 5.95. The average molecular weight is 481 g/mol.